The van der Waals surface area contributed by atoms with Crippen molar-refractivity contribution in [3.63, 3.8) is 0 Å². The van der Waals surface area contributed by atoms with E-state index in [0.29, 0.717) is 6.04 Å². The predicted octanol–water partition coefficient (Wildman–Crippen LogP) is 1.83. The summed E-state index contributed by atoms with van der Waals surface area (Å²) in [4.78, 5) is 13.5. The molecule has 2 N–H and O–H groups in total. The molecule has 2 bridgehead atoms. The molecular formula is C14H17NO3. The van der Waals surface area contributed by atoms with Gasteiger partial charge in [0, 0.05) is 18.6 Å². The number of carboxylic acid groups (broad SMARTS) is 1. The molecule has 2 heterocycles. The van der Waals surface area contributed by atoms with Crippen molar-refractivity contribution in [2.24, 2.45) is 5.92 Å². The van der Waals surface area contributed by atoms with Crippen molar-refractivity contribution in [3.05, 3.63) is 29.8 Å². The lowest BCUT2D eigenvalue weighted by atomic mass is 9.89. The van der Waals surface area contributed by atoms with Crippen LogP contribution < -0.4 is 0 Å². The third kappa shape index (κ3) is 1.86. The highest BCUT2D eigenvalue weighted by molar-refractivity contribution is 5.71. The van der Waals surface area contributed by atoms with Crippen molar-refractivity contribution in [1.82, 2.24) is 4.90 Å². The number of carbonyl (C=O) groups is 1. The lowest BCUT2D eigenvalue weighted by molar-refractivity contribution is -0.142. The Morgan fingerprint density at radius 3 is 2.61 bits per heavy atom. The van der Waals surface area contributed by atoms with Gasteiger partial charge in [0.05, 0.1) is 5.92 Å². The van der Waals surface area contributed by atoms with E-state index in [1.807, 2.05) is 12.1 Å². The second-order valence-corrected chi connectivity index (χ2v) is 5.32. The Labute approximate surface area is 106 Å². The lowest BCUT2D eigenvalue weighted by Crippen LogP contribution is -2.32. The maximum absolute atomic E-state index is 11.2. The van der Waals surface area contributed by atoms with Crippen molar-refractivity contribution in [3.8, 4) is 5.75 Å². The van der Waals surface area contributed by atoms with E-state index in [-0.39, 0.29) is 17.7 Å². The van der Waals surface area contributed by atoms with Crippen LogP contribution in [-0.2, 0) is 11.3 Å². The molecule has 0 saturated carbocycles. The molecule has 3 unspecified atom stereocenters. The fourth-order valence-electron chi connectivity index (χ4n) is 3.43. The van der Waals surface area contributed by atoms with Gasteiger partial charge in [-0.25, -0.2) is 0 Å². The number of phenols is 1. The molecule has 4 nitrogen and oxygen atoms in total. The summed E-state index contributed by atoms with van der Waals surface area (Å²) in [6.45, 7) is 0.791. The van der Waals surface area contributed by atoms with E-state index >= 15 is 0 Å². The highest BCUT2D eigenvalue weighted by Gasteiger charge is 2.48. The minimum absolute atomic E-state index is 0.194. The lowest BCUT2D eigenvalue weighted by Gasteiger charge is -2.22. The van der Waals surface area contributed by atoms with E-state index < -0.39 is 5.97 Å². The summed E-state index contributed by atoms with van der Waals surface area (Å²) in [6, 6.07) is 7.79. The van der Waals surface area contributed by atoms with E-state index in [2.05, 4.69) is 4.90 Å². The molecule has 2 saturated heterocycles. The minimum Gasteiger partial charge on any atom is -0.508 e. The second-order valence-electron chi connectivity index (χ2n) is 5.32. The first-order valence-electron chi connectivity index (χ1n) is 6.41. The number of fused-ring (bicyclic) bond motifs is 2. The molecule has 1 aromatic rings. The van der Waals surface area contributed by atoms with Crippen LogP contribution in [0.25, 0.3) is 0 Å². The molecule has 0 aliphatic carbocycles. The van der Waals surface area contributed by atoms with Gasteiger partial charge in [-0.2, -0.15) is 0 Å². The highest BCUT2D eigenvalue weighted by atomic mass is 16.4. The van der Waals surface area contributed by atoms with E-state index in [1.54, 1.807) is 12.1 Å². The van der Waals surface area contributed by atoms with Gasteiger partial charge in [0.25, 0.3) is 0 Å². The van der Waals surface area contributed by atoms with E-state index in [9.17, 15) is 15.0 Å². The van der Waals surface area contributed by atoms with Gasteiger partial charge in [-0.15, -0.1) is 0 Å². The maximum Gasteiger partial charge on any atom is 0.308 e. The number of rotatable bonds is 3. The van der Waals surface area contributed by atoms with Gasteiger partial charge >= 0.3 is 5.97 Å². The first-order valence-corrected chi connectivity index (χ1v) is 6.41. The zero-order valence-electron chi connectivity index (χ0n) is 10.1. The van der Waals surface area contributed by atoms with Crippen molar-refractivity contribution < 1.29 is 15.0 Å². The minimum atomic E-state index is -0.655. The molecule has 0 aromatic heterocycles. The standard InChI is InChI=1S/C14H17NO3/c16-11-4-1-9(2-5-11)8-15-10-3-6-13(15)12(7-10)14(17)18/h1-2,4-5,10,12-13,16H,3,6-8H2,(H,17,18). The maximum atomic E-state index is 11.2. The molecular weight excluding hydrogens is 230 g/mol. The molecule has 1 aromatic carbocycles. The Balaban J connectivity index is 1.74. The van der Waals surface area contributed by atoms with Crippen LogP contribution in [-0.4, -0.2) is 33.2 Å². The van der Waals surface area contributed by atoms with Crippen LogP contribution in [0, 0.1) is 5.92 Å². The molecule has 2 aliphatic heterocycles. The van der Waals surface area contributed by atoms with E-state index in [0.717, 1.165) is 31.4 Å². The number of aliphatic carboxylic acids is 1. The summed E-state index contributed by atoms with van der Waals surface area (Å²) in [5.41, 5.74) is 1.13. The van der Waals surface area contributed by atoms with Crippen LogP contribution >= 0.6 is 0 Å². The molecule has 2 aliphatic rings. The normalized spacial score (nSPS) is 30.8. The average molecular weight is 247 g/mol. The summed E-state index contributed by atoms with van der Waals surface area (Å²) in [5.74, 6) is -0.578. The highest BCUT2D eigenvalue weighted by Crippen LogP contribution is 2.42. The third-order valence-electron chi connectivity index (χ3n) is 4.30. The van der Waals surface area contributed by atoms with Gasteiger partial charge in [-0.1, -0.05) is 12.1 Å². The summed E-state index contributed by atoms with van der Waals surface area (Å²) >= 11 is 0. The first-order chi connectivity index (χ1) is 8.65. The molecule has 3 rings (SSSR count). The van der Waals surface area contributed by atoms with Gasteiger partial charge < -0.3 is 10.2 Å². The van der Waals surface area contributed by atoms with Crippen molar-refractivity contribution in [2.45, 2.75) is 37.9 Å². The zero-order valence-corrected chi connectivity index (χ0v) is 10.1. The Hall–Kier alpha value is -1.55. The summed E-state index contributed by atoms with van der Waals surface area (Å²) < 4.78 is 0. The van der Waals surface area contributed by atoms with Gasteiger partial charge in [-0.05, 0) is 37.0 Å². The monoisotopic (exact) mass is 247 g/mol. The number of hydrogen-bond donors (Lipinski definition) is 2. The van der Waals surface area contributed by atoms with Crippen LogP contribution in [0.15, 0.2) is 24.3 Å². The topological polar surface area (TPSA) is 60.8 Å². The predicted molar refractivity (Wildman–Crippen MR) is 66.2 cm³/mol. The Kier molecular flexibility index (Phi) is 2.74. The Morgan fingerprint density at radius 1 is 1.28 bits per heavy atom. The van der Waals surface area contributed by atoms with Crippen molar-refractivity contribution >= 4 is 5.97 Å². The summed E-state index contributed by atoms with van der Waals surface area (Å²) in [5, 5.41) is 18.5. The fraction of sp³-hybridized carbons (Fsp3) is 0.500. The van der Waals surface area contributed by atoms with Crippen molar-refractivity contribution in [1.29, 1.82) is 0 Å². The molecule has 4 heteroatoms. The Morgan fingerprint density at radius 2 is 2.00 bits per heavy atom. The van der Waals surface area contributed by atoms with Crippen LogP contribution in [0.4, 0.5) is 0 Å². The van der Waals surface area contributed by atoms with Gasteiger partial charge in [0.2, 0.25) is 0 Å². The number of hydrogen-bond acceptors (Lipinski definition) is 3. The zero-order chi connectivity index (χ0) is 12.7. The summed E-state index contributed by atoms with van der Waals surface area (Å²) in [7, 11) is 0. The molecule has 0 radical (unpaired) electrons. The molecule has 0 spiro atoms. The second kappa shape index (κ2) is 4.28. The quantitative estimate of drug-likeness (QED) is 0.855. The molecule has 2 fully saturated rings. The third-order valence-corrected chi connectivity index (χ3v) is 4.30. The SMILES string of the molecule is O=C(O)C1CC2CCC1N2Cc1ccc(O)cc1. The van der Waals surface area contributed by atoms with E-state index in [4.69, 9.17) is 0 Å². The number of carboxylic acids is 1. The van der Waals surface area contributed by atoms with Gasteiger partial charge in [0.15, 0.2) is 0 Å². The number of aromatic hydroxyl groups is 1. The van der Waals surface area contributed by atoms with Crippen LogP contribution in [0.1, 0.15) is 24.8 Å². The van der Waals surface area contributed by atoms with Crippen LogP contribution in [0.5, 0.6) is 5.75 Å². The molecule has 18 heavy (non-hydrogen) atoms. The largest absolute Gasteiger partial charge is 0.508 e. The molecule has 0 amide bonds. The van der Waals surface area contributed by atoms with Crippen LogP contribution in [0.3, 0.4) is 0 Å². The first kappa shape index (κ1) is 11.5. The smallest absolute Gasteiger partial charge is 0.308 e. The Bertz CT molecular complexity index is 457. The molecule has 3 atom stereocenters. The number of benzene rings is 1. The van der Waals surface area contributed by atoms with Crippen molar-refractivity contribution in [2.75, 3.05) is 0 Å². The van der Waals surface area contributed by atoms with Crippen LogP contribution in [0.2, 0.25) is 0 Å². The average Bonchev–Trinajstić information content (AvgIpc) is 2.89. The van der Waals surface area contributed by atoms with Gasteiger partial charge in [0.1, 0.15) is 5.75 Å². The van der Waals surface area contributed by atoms with Gasteiger partial charge in [-0.3, -0.25) is 9.69 Å². The number of phenolic OH excluding ortho intramolecular Hbond substituents is 1. The molecule has 96 valence electrons. The number of nitrogens with zero attached hydrogens (tertiary/aromatic N) is 1. The summed E-state index contributed by atoms with van der Waals surface area (Å²) in [6.07, 6.45) is 2.91. The fourth-order valence-corrected chi connectivity index (χ4v) is 3.43. The van der Waals surface area contributed by atoms with E-state index in [1.165, 1.54) is 0 Å².